The van der Waals surface area contributed by atoms with Gasteiger partial charge in [0.05, 0.1) is 21.7 Å². The van der Waals surface area contributed by atoms with Crippen LogP contribution in [0.3, 0.4) is 0 Å². The molecule has 0 aliphatic rings. The summed E-state index contributed by atoms with van der Waals surface area (Å²) in [7, 11) is -0.456. The van der Waals surface area contributed by atoms with Gasteiger partial charge in [0.15, 0.2) is 5.16 Å². The van der Waals surface area contributed by atoms with E-state index in [1.165, 1.54) is 24.0 Å². The quantitative estimate of drug-likeness (QED) is 0.349. The number of aromatic nitrogens is 5. The van der Waals surface area contributed by atoms with Crippen LogP contribution in [0.15, 0.2) is 52.5 Å². The van der Waals surface area contributed by atoms with Gasteiger partial charge in [0.2, 0.25) is 10.0 Å². The van der Waals surface area contributed by atoms with Crippen LogP contribution in [0.4, 0.5) is 0 Å². The smallest absolute Gasteiger partial charge is 0.242 e. The minimum atomic E-state index is -3.52. The van der Waals surface area contributed by atoms with Gasteiger partial charge < -0.3 is 4.57 Å². The van der Waals surface area contributed by atoms with Crippen LogP contribution in [-0.2, 0) is 22.3 Å². The number of sulfonamides is 1. The highest BCUT2D eigenvalue weighted by Crippen LogP contribution is 2.28. The maximum absolute atomic E-state index is 12.6. The molecule has 0 saturated heterocycles. The minimum absolute atomic E-state index is 0.246. The van der Waals surface area contributed by atoms with E-state index in [9.17, 15) is 8.42 Å². The summed E-state index contributed by atoms with van der Waals surface area (Å²) in [6.07, 6.45) is 0.944. The molecule has 0 saturated carbocycles. The van der Waals surface area contributed by atoms with Gasteiger partial charge in [0, 0.05) is 26.3 Å². The topological polar surface area (TPSA) is 85.9 Å². The number of aryl methyl sites for hydroxylation is 3. The molecule has 4 rings (SSSR count). The molecule has 0 bridgehead atoms. The summed E-state index contributed by atoms with van der Waals surface area (Å²) in [4.78, 5) is 5.05. The molecule has 0 N–H and O–H groups in total. The average Bonchev–Trinajstić information content (AvgIpc) is 3.31. The summed E-state index contributed by atoms with van der Waals surface area (Å²) in [5.41, 5.74) is 3.81. The Kier molecular flexibility index (Phi) is 6.60. The predicted molar refractivity (Wildman–Crippen MR) is 131 cm³/mol. The molecule has 10 heteroatoms. The van der Waals surface area contributed by atoms with Gasteiger partial charge in [-0.1, -0.05) is 30.8 Å². The van der Waals surface area contributed by atoms with E-state index in [1.807, 2.05) is 29.7 Å². The Morgan fingerprint density at radius 3 is 2.55 bits per heavy atom. The number of benzene rings is 2. The molecule has 0 spiro atoms. The van der Waals surface area contributed by atoms with E-state index >= 15 is 0 Å². The Hall–Kier alpha value is -2.69. The Labute approximate surface area is 198 Å². The fourth-order valence-electron chi connectivity index (χ4n) is 3.74. The summed E-state index contributed by atoms with van der Waals surface area (Å²) in [5.74, 6) is 2.30. The van der Waals surface area contributed by atoms with Crippen LogP contribution in [0.5, 0.6) is 0 Å². The number of imidazole rings is 1. The zero-order chi connectivity index (χ0) is 23.8. The van der Waals surface area contributed by atoms with E-state index in [0.717, 1.165) is 41.0 Å². The first-order valence-electron chi connectivity index (χ1n) is 10.8. The fourth-order valence-corrected chi connectivity index (χ4v) is 5.61. The van der Waals surface area contributed by atoms with E-state index in [-0.39, 0.29) is 4.90 Å². The SMILES string of the molecule is CCCn1c(CSc2nnc(C)n2-c2cccc(C)c2)nc2cc(S(=O)(=O)N(C)C)ccc21. The van der Waals surface area contributed by atoms with Gasteiger partial charge in [-0.15, -0.1) is 10.2 Å². The summed E-state index contributed by atoms with van der Waals surface area (Å²) < 4.78 is 30.6. The summed E-state index contributed by atoms with van der Waals surface area (Å²) in [6.45, 7) is 6.92. The standard InChI is InChI=1S/C23H28N6O2S2/c1-6-12-28-21-11-10-19(33(30,31)27(4)5)14-20(21)24-22(28)15-32-23-26-25-17(3)29(23)18-9-7-8-16(2)13-18/h7-11,13-14H,6,12,15H2,1-5H3. The van der Waals surface area contributed by atoms with Crippen molar-refractivity contribution in [2.45, 2.75) is 49.5 Å². The Morgan fingerprint density at radius 1 is 1.06 bits per heavy atom. The van der Waals surface area contributed by atoms with Crippen molar-refractivity contribution in [3.8, 4) is 5.69 Å². The van der Waals surface area contributed by atoms with Crippen molar-refractivity contribution >= 4 is 32.8 Å². The van der Waals surface area contributed by atoms with Gasteiger partial charge in [-0.2, -0.15) is 0 Å². The highest BCUT2D eigenvalue weighted by Gasteiger charge is 2.20. The largest absolute Gasteiger partial charge is 0.327 e. The first-order valence-corrected chi connectivity index (χ1v) is 13.2. The lowest BCUT2D eigenvalue weighted by atomic mass is 10.2. The first-order chi connectivity index (χ1) is 15.7. The molecular weight excluding hydrogens is 456 g/mol. The number of fused-ring (bicyclic) bond motifs is 1. The lowest BCUT2D eigenvalue weighted by molar-refractivity contribution is 0.521. The van der Waals surface area contributed by atoms with E-state index in [0.29, 0.717) is 11.3 Å². The van der Waals surface area contributed by atoms with Gasteiger partial charge in [0.1, 0.15) is 11.6 Å². The molecule has 0 radical (unpaired) electrons. The number of nitrogens with zero attached hydrogens (tertiary/aromatic N) is 6. The highest BCUT2D eigenvalue weighted by atomic mass is 32.2. The molecule has 0 unspecified atom stereocenters. The second-order valence-electron chi connectivity index (χ2n) is 8.11. The van der Waals surface area contributed by atoms with Crippen LogP contribution in [0, 0.1) is 13.8 Å². The molecule has 0 atom stereocenters. The van der Waals surface area contributed by atoms with Crippen molar-refractivity contribution in [2.75, 3.05) is 14.1 Å². The van der Waals surface area contributed by atoms with Crippen molar-refractivity contribution in [3.63, 3.8) is 0 Å². The molecule has 0 fully saturated rings. The zero-order valence-corrected chi connectivity index (χ0v) is 21.1. The van der Waals surface area contributed by atoms with Gasteiger partial charge in [-0.25, -0.2) is 17.7 Å². The van der Waals surface area contributed by atoms with E-state index in [4.69, 9.17) is 4.98 Å². The maximum Gasteiger partial charge on any atom is 0.242 e. The third kappa shape index (κ3) is 4.55. The number of thioether (sulfide) groups is 1. The van der Waals surface area contributed by atoms with Gasteiger partial charge in [-0.3, -0.25) is 4.57 Å². The lowest BCUT2D eigenvalue weighted by Crippen LogP contribution is -2.22. The Bertz CT molecular complexity index is 1410. The Morgan fingerprint density at radius 2 is 1.85 bits per heavy atom. The van der Waals surface area contributed by atoms with Crippen LogP contribution in [-0.4, -0.2) is 51.1 Å². The average molecular weight is 485 g/mol. The van der Waals surface area contributed by atoms with Crippen molar-refractivity contribution in [3.05, 3.63) is 59.7 Å². The Balaban J connectivity index is 1.69. The third-order valence-electron chi connectivity index (χ3n) is 5.41. The highest BCUT2D eigenvalue weighted by molar-refractivity contribution is 7.98. The molecule has 0 amide bonds. The van der Waals surface area contributed by atoms with Gasteiger partial charge >= 0.3 is 0 Å². The van der Waals surface area contributed by atoms with Crippen molar-refractivity contribution in [2.24, 2.45) is 0 Å². The van der Waals surface area contributed by atoms with Crippen LogP contribution in [0.25, 0.3) is 16.7 Å². The van der Waals surface area contributed by atoms with Crippen molar-refractivity contribution < 1.29 is 8.42 Å². The molecule has 33 heavy (non-hydrogen) atoms. The molecule has 174 valence electrons. The third-order valence-corrected chi connectivity index (χ3v) is 8.15. The van der Waals surface area contributed by atoms with E-state index in [2.05, 4.69) is 40.7 Å². The molecule has 2 heterocycles. The second-order valence-corrected chi connectivity index (χ2v) is 11.2. The lowest BCUT2D eigenvalue weighted by Gasteiger charge is -2.11. The molecular formula is C23H28N6O2S2. The first kappa shape index (κ1) is 23.5. The number of hydrogen-bond acceptors (Lipinski definition) is 6. The molecule has 0 aliphatic heterocycles. The molecule has 8 nitrogen and oxygen atoms in total. The summed E-state index contributed by atoms with van der Waals surface area (Å²) >= 11 is 1.57. The maximum atomic E-state index is 12.6. The van der Waals surface area contributed by atoms with Crippen molar-refractivity contribution in [1.82, 2.24) is 28.6 Å². The number of hydrogen-bond donors (Lipinski definition) is 0. The summed E-state index contributed by atoms with van der Waals surface area (Å²) in [5, 5.41) is 9.47. The fraction of sp³-hybridized carbons (Fsp3) is 0.348. The van der Waals surface area contributed by atoms with Gasteiger partial charge in [-0.05, 0) is 56.2 Å². The second kappa shape index (κ2) is 9.28. The van der Waals surface area contributed by atoms with Crippen LogP contribution < -0.4 is 0 Å². The predicted octanol–water partition coefficient (Wildman–Crippen LogP) is 4.19. The molecule has 4 aromatic rings. The summed E-state index contributed by atoms with van der Waals surface area (Å²) in [6, 6.07) is 13.4. The van der Waals surface area contributed by atoms with E-state index < -0.39 is 10.0 Å². The molecule has 2 aromatic carbocycles. The minimum Gasteiger partial charge on any atom is -0.327 e. The normalized spacial score (nSPS) is 12.2. The van der Waals surface area contributed by atoms with Crippen LogP contribution >= 0.6 is 11.8 Å². The van der Waals surface area contributed by atoms with Gasteiger partial charge in [0.25, 0.3) is 0 Å². The number of rotatable bonds is 8. The molecule has 0 aliphatic carbocycles. The molecule has 2 aromatic heterocycles. The van der Waals surface area contributed by atoms with E-state index in [1.54, 1.807) is 23.9 Å². The zero-order valence-electron chi connectivity index (χ0n) is 19.5. The van der Waals surface area contributed by atoms with Crippen LogP contribution in [0.2, 0.25) is 0 Å². The monoisotopic (exact) mass is 484 g/mol. The van der Waals surface area contributed by atoms with Crippen LogP contribution in [0.1, 0.15) is 30.6 Å². The van der Waals surface area contributed by atoms with Crippen molar-refractivity contribution in [1.29, 1.82) is 0 Å².